The zero-order chi connectivity index (χ0) is 18.5. The highest BCUT2D eigenvalue weighted by Crippen LogP contribution is 2.36. The van der Waals surface area contributed by atoms with Crippen LogP contribution in [0.4, 0.5) is 0 Å². The van der Waals surface area contributed by atoms with Crippen molar-refractivity contribution < 1.29 is 23.9 Å². The van der Waals surface area contributed by atoms with Crippen molar-refractivity contribution in [1.29, 1.82) is 0 Å². The molecule has 0 aromatic heterocycles. The van der Waals surface area contributed by atoms with Crippen molar-refractivity contribution in [3.05, 3.63) is 5.53 Å². The van der Waals surface area contributed by atoms with Gasteiger partial charge in [-0.25, -0.2) is 4.79 Å². The van der Waals surface area contributed by atoms with Gasteiger partial charge in [-0.1, -0.05) is 20.8 Å². The molecular weight excluding hydrogens is 326 g/mol. The second-order valence-electron chi connectivity index (χ2n) is 7.75. The number of piperidine rings is 1. The van der Waals surface area contributed by atoms with Crippen LogP contribution in [0.25, 0.3) is 5.53 Å². The van der Waals surface area contributed by atoms with Crippen LogP contribution in [0.3, 0.4) is 0 Å². The molecule has 138 valence electrons. The standard InChI is InChI=1S/C16H31N3O4Si/c1-7-22-15(21)14(19-17)11-8-9-13(20)12(18-11)10-23-24(5,6)16(2,3)4/h11-13,18,20H,7-10H2,1-6H3/t11-,12-,13+/m1/s1. The first kappa shape index (κ1) is 21.0. The Labute approximate surface area is 145 Å². The molecule has 3 atom stereocenters. The molecule has 8 heteroatoms. The number of ether oxygens (including phenoxy) is 1. The molecule has 1 aliphatic heterocycles. The van der Waals surface area contributed by atoms with Gasteiger partial charge < -0.3 is 19.8 Å². The van der Waals surface area contributed by atoms with Gasteiger partial charge in [0.15, 0.2) is 8.32 Å². The summed E-state index contributed by atoms with van der Waals surface area (Å²) in [6.07, 6.45) is 0.436. The molecule has 0 spiro atoms. The summed E-state index contributed by atoms with van der Waals surface area (Å²) in [6.45, 7) is 13.0. The van der Waals surface area contributed by atoms with Crippen LogP contribution in [-0.2, 0) is 14.0 Å². The van der Waals surface area contributed by atoms with E-state index in [0.29, 0.717) is 19.4 Å². The van der Waals surface area contributed by atoms with E-state index in [-0.39, 0.29) is 23.4 Å². The van der Waals surface area contributed by atoms with E-state index < -0.39 is 26.4 Å². The Morgan fingerprint density at radius 1 is 1.38 bits per heavy atom. The Morgan fingerprint density at radius 2 is 2.00 bits per heavy atom. The number of nitrogens with zero attached hydrogens (tertiary/aromatic N) is 2. The minimum Gasteiger partial charge on any atom is -0.457 e. The van der Waals surface area contributed by atoms with E-state index in [4.69, 9.17) is 14.7 Å². The van der Waals surface area contributed by atoms with E-state index >= 15 is 0 Å². The third kappa shape index (κ3) is 5.22. The number of carbonyl (C=O) groups excluding carboxylic acids is 1. The van der Waals surface area contributed by atoms with Gasteiger partial charge in [-0.2, -0.15) is 4.79 Å². The molecule has 0 aromatic carbocycles. The van der Waals surface area contributed by atoms with Gasteiger partial charge in [-0.05, 0) is 37.9 Å². The minimum absolute atomic E-state index is 0.0546. The number of hydrogen-bond donors (Lipinski definition) is 2. The van der Waals surface area contributed by atoms with Crippen LogP contribution in [0.5, 0.6) is 0 Å². The van der Waals surface area contributed by atoms with Gasteiger partial charge in [0.05, 0.1) is 25.4 Å². The van der Waals surface area contributed by atoms with Crippen molar-refractivity contribution in [1.82, 2.24) is 5.32 Å². The quantitative estimate of drug-likeness (QED) is 0.248. The van der Waals surface area contributed by atoms with Gasteiger partial charge in [0.2, 0.25) is 0 Å². The zero-order valence-electron chi connectivity index (χ0n) is 15.6. The van der Waals surface area contributed by atoms with E-state index in [9.17, 15) is 9.90 Å². The van der Waals surface area contributed by atoms with E-state index in [0.717, 1.165) is 0 Å². The number of nitrogens with one attached hydrogen (secondary N) is 1. The van der Waals surface area contributed by atoms with Crippen LogP contribution in [0, 0.1) is 0 Å². The summed E-state index contributed by atoms with van der Waals surface area (Å²) in [5, 5.41) is 13.5. The normalized spacial score (nSPS) is 25.0. The summed E-state index contributed by atoms with van der Waals surface area (Å²) in [4.78, 5) is 15.0. The predicted molar refractivity (Wildman–Crippen MR) is 94.4 cm³/mol. The van der Waals surface area contributed by atoms with Crippen molar-refractivity contribution in [3.8, 4) is 0 Å². The van der Waals surface area contributed by atoms with Crippen molar-refractivity contribution in [3.63, 3.8) is 0 Å². The van der Waals surface area contributed by atoms with Crippen LogP contribution < -0.4 is 5.32 Å². The van der Waals surface area contributed by atoms with Gasteiger partial charge >= 0.3 is 11.7 Å². The van der Waals surface area contributed by atoms with Crippen molar-refractivity contribution in [2.45, 2.75) is 76.9 Å². The molecule has 1 heterocycles. The molecule has 1 rings (SSSR count). The maximum Gasteiger partial charge on any atom is 0.418 e. The molecule has 1 saturated heterocycles. The molecule has 1 aliphatic rings. The highest BCUT2D eigenvalue weighted by Gasteiger charge is 2.42. The molecule has 0 aromatic rings. The average molecular weight is 358 g/mol. The Bertz CT molecular complexity index is 498. The van der Waals surface area contributed by atoms with Gasteiger partial charge in [0.25, 0.3) is 0 Å². The molecule has 0 saturated carbocycles. The van der Waals surface area contributed by atoms with Crippen LogP contribution in [-0.4, -0.2) is 61.3 Å². The van der Waals surface area contributed by atoms with E-state index in [1.807, 2.05) is 0 Å². The fraction of sp³-hybridized carbons (Fsp3) is 0.875. The van der Waals surface area contributed by atoms with E-state index in [2.05, 4.69) is 44.0 Å². The van der Waals surface area contributed by atoms with Crippen LogP contribution in [0.1, 0.15) is 40.5 Å². The molecule has 7 nitrogen and oxygen atoms in total. The van der Waals surface area contributed by atoms with Crippen LogP contribution in [0.2, 0.25) is 18.1 Å². The lowest BCUT2D eigenvalue weighted by Gasteiger charge is -2.39. The van der Waals surface area contributed by atoms with E-state index in [1.54, 1.807) is 6.92 Å². The largest absolute Gasteiger partial charge is 0.457 e. The monoisotopic (exact) mass is 357 g/mol. The first-order valence-electron chi connectivity index (χ1n) is 8.50. The summed E-state index contributed by atoms with van der Waals surface area (Å²) < 4.78 is 11.1. The van der Waals surface area contributed by atoms with Crippen molar-refractivity contribution >= 4 is 20.0 Å². The first-order valence-corrected chi connectivity index (χ1v) is 11.4. The average Bonchev–Trinajstić information content (AvgIpc) is 2.47. The second-order valence-corrected chi connectivity index (χ2v) is 12.6. The molecule has 2 N–H and O–H groups in total. The van der Waals surface area contributed by atoms with Crippen LogP contribution >= 0.6 is 0 Å². The van der Waals surface area contributed by atoms with Gasteiger partial charge in [-0.3, -0.25) is 5.32 Å². The maximum absolute atomic E-state index is 11.9. The highest BCUT2D eigenvalue weighted by molar-refractivity contribution is 6.74. The van der Waals surface area contributed by atoms with E-state index in [1.165, 1.54) is 0 Å². The van der Waals surface area contributed by atoms with Gasteiger partial charge in [0, 0.05) is 0 Å². The fourth-order valence-electron chi connectivity index (χ4n) is 2.34. The van der Waals surface area contributed by atoms with Crippen molar-refractivity contribution in [2.75, 3.05) is 13.2 Å². The summed E-state index contributed by atoms with van der Waals surface area (Å²) >= 11 is 0. The lowest BCUT2D eigenvalue weighted by Crippen LogP contribution is -2.58. The molecular formula is C16H31N3O4Si. The minimum atomic E-state index is -1.93. The Balaban J connectivity index is 2.76. The molecule has 1 fully saturated rings. The molecule has 0 aliphatic carbocycles. The maximum atomic E-state index is 11.9. The number of esters is 1. The molecule has 0 bridgehead atoms. The third-order valence-electron chi connectivity index (χ3n) is 4.98. The summed E-state index contributed by atoms with van der Waals surface area (Å²) in [5.41, 5.74) is 9.10. The lowest BCUT2D eigenvalue weighted by molar-refractivity contribution is -0.140. The lowest BCUT2D eigenvalue weighted by atomic mass is 9.93. The fourth-order valence-corrected chi connectivity index (χ4v) is 3.37. The topological polar surface area (TPSA) is 104 Å². The Kier molecular flexibility index (Phi) is 7.31. The SMILES string of the molecule is CCOC(=O)C(=[N+]=[N-])[C@H]1CC[C@H](O)[C@@H](CO[Si](C)(C)C(C)(C)C)N1. The molecule has 24 heavy (non-hydrogen) atoms. The highest BCUT2D eigenvalue weighted by atomic mass is 28.4. The molecule has 0 amide bonds. The summed E-state index contributed by atoms with van der Waals surface area (Å²) in [7, 11) is -1.93. The Morgan fingerprint density at radius 3 is 2.50 bits per heavy atom. The number of hydrogen-bond acceptors (Lipinski definition) is 5. The summed E-state index contributed by atoms with van der Waals surface area (Å²) in [5.74, 6) is -0.641. The predicted octanol–water partition coefficient (Wildman–Crippen LogP) is 1.72. The smallest absolute Gasteiger partial charge is 0.418 e. The third-order valence-corrected chi connectivity index (χ3v) is 9.48. The van der Waals surface area contributed by atoms with Crippen molar-refractivity contribution in [2.24, 2.45) is 0 Å². The molecule has 0 unspecified atom stereocenters. The van der Waals surface area contributed by atoms with Gasteiger partial charge in [0.1, 0.15) is 6.04 Å². The summed E-state index contributed by atoms with van der Waals surface area (Å²) in [6, 6.07) is -0.769. The molecule has 0 radical (unpaired) electrons. The van der Waals surface area contributed by atoms with Gasteiger partial charge in [-0.15, -0.1) is 0 Å². The number of carbonyl (C=O) groups is 1. The number of aliphatic hydroxyl groups excluding tert-OH is 1. The second kappa shape index (κ2) is 8.36. The first-order chi connectivity index (χ1) is 11.0. The number of aliphatic hydroxyl groups is 1. The zero-order valence-corrected chi connectivity index (χ0v) is 16.6. The Hall–Kier alpha value is -1.05. The number of rotatable bonds is 6. The van der Waals surface area contributed by atoms with Crippen LogP contribution in [0.15, 0.2) is 0 Å².